The normalized spacial score (nSPS) is 10.6. The van der Waals surface area contributed by atoms with Crippen LogP contribution in [0.4, 0.5) is 0 Å². The average molecular weight is 388 g/mol. The van der Waals surface area contributed by atoms with Crippen LogP contribution >= 0.6 is 0 Å². The molecule has 0 saturated heterocycles. The zero-order valence-corrected chi connectivity index (χ0v) is 17.0. The molecule has 0 atom stereocenters. The first kappa shape index (κ1) is 20.1. The van der Waals surface area contributed by atoms with Gasteiger partial charge in [0.2, 0.25) is 0 Å². The van der Waals surface area contributed by atoms with E-state index in [0.29, 0.717) is 28.9 Å². The Morgan fingerprint density at radius 1 is 1.10 bits per heavy atom. The van der Waals surface area contributed by atoms with E-state index in [0.717, 1.165) is 22.3 Å². The van der Waals surface area contributed by atoms with Crippen LogP contribution in [0.2, 0.25) is 0 Å². The van der Waals surface area contributed by atoms with E-state index in [9.17, 15) is 0 Å². The zero-order valence-electron chi connectivity index (χ0n) is 17.0. The van der Waals surface area contributed by atoms with Crippen LogP contribution in [0.5, 0.6) is 5.75 Å². The van der Waals surface area contributed by atoms with Crippen molar-refractivity contribution in [1.29, 1.82) is 16.2 Å². The van der Waals surface area contributed by atoms with Crippen molar-refractivity contribution in [3.63, 3.8) is 0 Å². The Morgan fingerprint density at radius 3 is 2.38 bits per heavy atom. The Morgan fingerprint density at radius 2 is 1.79 bits per heavy atom. The fraction of sp³-hybridized carbons (Fsp3) is 0.227. The van der Waals surface area contributed by atoms with Crippen LogP contribution in [-0.4, -0.2) is 33.2 Å². The molecule has 0 fully saturated rings. The second-order valence-electron chi connectivity index (χ2n) is 7.00. The Balaban J connectivity index is 2.22. The fourth-order valence-corrected chi connectivity index (χ4v) is 3.43. The van der Waals surface area contributed by atoms with E-state index in [1.807, 2.05) is 32.0 Å². The van der Waals surface area contributed by atoms with Crippen LogP contribution in [-0.2, 0) is 6.42 Å². The Labute approximate surface area is 169 Å². The number of hydrogen-bond acceptors (Lipinski definition) is 6. The molecule has 3 aromatic rings. The Hall–Kier alpha value is -3.61. The van der Waals surface area contributed by atoms with E-state index in [-0.39, 0.29) is 11.3 Å². The molecule has 29 heavy (non-hydrogen) atoms. The van der Waals surface area contributed by atoms with Crippen molar-refractivity contribution in [1.82, 2.24) is 14.5 Å². The SMILES string of the molecule is COc1cc2c(cc1C(C(C)=N)=C(C)C)ncc(=N)n2C(=N)Cc1ccncc1. The van der Waals surface area contributed by atoms with Gasteiger partial charge in [0.05, 0.1) is 24.3 Å². The van der Waals surface area contributed by atoms with E-state index in [1.165, 1.54) is 6.20 Å². The standard InChI is InChI=1S/C22H24N6O/c1-13(2)22(14(3)23)16-10-17-18(11-19(16)29-4)28(21(25)12-27-17)20(24)9-15-5-7-26-8-6-15/h5-8,10-12,23-25H,9H2,1-4H3. The van der Waals surface area contributed by atoms with Gasteiger partial charge in [-0.15, -0.1) is 0 Å². The van der Waals surface area contributed by atoms with Gasteiger partial charge in [0.1, 0.15) is 17.1 Å². The lowest BCUT2D eigenvalue weighted by molar-refractivity contribution is 0.414. The lowest BCUT2D eigenvalue weighted by atomic mass is 9.96. The average Bonchev–Trinajstić information content (AvgIpc) is 2.67. The summed E-state index contributed by atoms with van der Waals surface area (Å²) in [7, 11) is 1.58. The molecule has 0 amide bonds. The van der Waals surface area contributed by atoms with Crippen molar-refractivity contribution < 1.29 is 4.74 Å². The summed E-state index contributed by atoms with van der Waals surface area (Å²) < 4.78 is 7.18. The minimum Gasteiger partial charge on any atom is -0.496 e. The van der Waals surface area contributed by atoms with Crippen molar-refractivity contribution >= 4 is 28.2 Å². The molecule has 1 aromatic carbocycles. The van der Waals surface area contributed by atoms with Crippen molar-refractivity contribution in [2.75, 3.05) is 7.11 Å². The molecule has 0 unspecified atom stereocenters. The molecule has 2 aromatic heterocycles. The molecule has 2 heterocycles. The summed E-state index contributed by atoms with van der Waals surface area (Å²) in [5.41, 5.74) is 5.35. The highest BCUT2D eigenvalue weighted by Crippen LogP contribution is 2.32. The molecule has 3 N–H and O–H groups in total. The lowest BCUT2D eigenvalue weighted by Gasteiger charge is -2.17. The number of allylic oxidation sites excluding steroid dienone is 2. The van der Waals surface area contributed by atoms with Crippen molar-refractivity contribution in [2.45, 2.75) is 27.2 Å². The van der Waals surface area contributed by atoms with Gasteiger partial charge in [-0.25, -0.2) is 0 Å². The van der Waals surface area contributed by atoms with Gasteiger partial charge in [-0.05, 0) is 44.5 Å². The van der Waals surface area contributed by atoms with Gasteiger partial charge in [-0.2, -0.15) is 0 Å². The third-order valence-electron chi connectivity index (χ3n) is 4.64. The monoisotopic (exact) mass is 388 g/mol. The molecule has 0 spiro atoms. The fourth-order valence-electron chi connectivity index (χ4n) is 3.43. The topological polar surface area (TPSA) is 111 Å². The van der Waals surface area contributed by atoms with E-state index < -0.39 is 0 Å². The summed E-state index contributed by atoms with van der Waals surface area (Å²) in [6.45, 7) is 5.67. The Kier molecular flexibility index (Phi) is 5.68. The number of hydrogen-bond donors (Lipinski definition) is 3. The van der Waals surface area contributed by atoms with Crippen LogP contribution < -0.4 is 10.2 Å². The molecule has 0 aliphatic heterocycles. The van der Waals surface area contributed by atoms with Gasteiger partial charge in [0, 0.05) is 41.7 Å². The first-order valence-electron chi connectivity index (χ1n) is 9.18. The largest absolute Gasteiger partial charge is 0.496 e. The highest BCUT2D eigenvalue weighted by molar-refractivity contribution is 6.23. The van der Waals surface area contributed by atoms with E-state index in [4.69, 9.17) is 21.0 Å². The molecule has 0 bridgehead atoms. The molecule has 0 aliphatic carbocycles. The molecule has 148 valence electrons. The minimum atomic E-state index is 0.122. The van der Waals surface area contributed by atoms with E-state index in [1.54, 1.807) is 37.1 Å². The molecule has 0 aliphatic rings. The number of benzene rings is 1. The van der Waals surface area contributed by atoms with Crippen molar-refractivity contribution in [2.24, 2.45) is 0 Å². The maximum absolute atomic E-state index is 8.60. The van der Waals surface area contributed by atoms with Gasteiger partial charge in [-0.3, -0.25) is 25.4 Å². The minimum absolute atomic E-state index is 0.122. The van der Waals surface area contributed by atoms with Crippen molar-refractivity contribution in [3.8, 4) is 5.75 Å². The van der Waals surface area contributed by atoms with Crippen LogP contribution in [0.1, 0.15) is 31.9 Å². The molecule has 3 rings (SSSR count). The number of ether oxygens (including phenoxy) is 1. The highest BCUT2D eigenvalue weighted by Gasteiger charge is 2.17. The van der Waals surface area contributed by atoms with Gasteiger partial charge < -0.3 is 10.1 Å². The summed E-state index contributed by atoms with van der Waals surface area (Å²) in [6, 6.07) is 7.37. The maximum Gasteiger partial charge on any atom is 0.149 e. The maximum atomic E-state index is 8.60. The third-order valence-corrected chi connectivity index (χ3v) is 4.64. The Bertz CT molecular complexity index is 1190. The van der Waals surface area contributed by atoms with Gasteiger partial charge in [-0.1, -0.05) is 5.57 Å². The molecule has 0 saturated carbocycles. The van der Waals surface area contributed by atoms with E-state index in [2.05, 4.69) is 9.97 Å². The quantitative estimate of drug-likeness (QED) is 0.456. The number of methoxy groups -OCH3 is 1. The van der Waals surface area contributed by atoms with E-state index >= 15 is 0 Å². The molecular weight excluding hydrogens is 364 g/mol. The third kappa shape index (κ3) is 3.99. The summed E-state index contributed by atoms with van der Waals surface area (Å²) in [6.07, 6.45) is 5.19. The molecule has 0 radical (unpaired) electrons. The second kappa shape index (κ2) is 8.18. The predicted octanol–water partition coefficient (Wildman–Crippen LogP) is 3.82. The first-order valence-corrected chi connectivity index (χ1v) is 9.18. The number of nitrogens with one attached hydrogen (secondary N) is 3. The van der Waals surface area contributed by atoms with Crippen molar-refractivity contribution in [3.05, 3.63) is 65.0 Å². The lowest BCUT2D eigenvalue weighted by Crippen LogP contribution is -2.28. The van der Waals surface area contributed by atoms with Crippen LogP contribution in [0.25, 0.3) is 16.6 Å². The summed E-state index contributed by atoms with van der Waals surface area (Å²) in [4.78, 5) is 8.41. The predicted molar refractivity (Wildman–Crippen MR) is 115 cm³/mol. The summed E-state index contributed by atoms with van der Waals surface area (Å²) >= 11 is 0. The number of aromatic nitrogens is 3. The van der Waals surface area contributed by atoms with Crippen LogP contribution in [0, 0.1) is 16.2 Å². The van der Waals surface area contributed by atoms with Gasteiger partial charge in [0.15, 0.2) is 0 Å². The highest BCUT2D eigenvalue weighted by atomic mass is 16.5. The van der Waals surface area contributed by atoms with Crippen LogP contribution in [0.15, 0.2) is 48.4 Å². The summed E-state index contributed by atoms with van der Waals surface area (Å²) in [5, 5.41) is 25.1. The number of fused-ring (bicyclic) bond motifs is 1. The number of rotatable bonds is 5. The molecule has 7 nitrogen and oxygen atoms in total. The number of nitrogens with zero attached hydrogens (tertiary/aromatic N) is 3. The number of pyridine rings is 1. The molecule has 7 heteroatoms. The smallest absolute Gasteiger partial charge is 0.149 e. The first-order chi connectivity index (χ1) is 13.8. The zero-order chi connectivity index (χ0) is 21.1. The van der Waals surface area contributed by atoms with Gasteiger partial charge >= 0.3 is 0 Å². The summed E-state index contributed by atoms with van der Waals surface area (Å²) in [5.74, 6) is 0.840. The van der Waals surface area contributed by atoms with Gasteiger partial charge in [0.25, 0.3) is 0 Å². The second-order valence-corrected chi connectivity index (χ2v) is 7.00. The molecular formula is C22H24N6O. The van der Waals surface area contributed by atoms with Crippen LogP contribution in [0.3, 0.4) is 0 Å².